The first-order valence-corrected chi connectivity index (χ1v) is 7.29. The topological polar surface area (TPSA) is 77.2 Å². The third-order valence-electron chi connectivity index (χ3n) is 4.43. The van der Waals surface area contributed by atoms with Crippen molar-refractivity contribution in [1.82, 2.24) is 25.3 Å². The van der Waals surface area contributed by atoms with Crippen LogP contribution in [0.25, 0.3) is 5.65 Å². The number of fused-ring (bicyclic) bond motifs is 1. The number of tetrazole rings is 1. The second-order valence-electron chi connectivity index (χ2n) is 5.82. The van der Waals surface area contributed by atoms with E-state index in [1.165, 1.54) is 30.3 Å². The van der Waals surface area contributed by atoms with Gasteiger partial charge in [0.15, 0.2) is 5.65 Å². The predicted octanol–water partition coefficient (Wildman–Crippen LogP) is 1.42. The van der Waals surface area contributed by atoms with E-state index in [0.717, 1.165) is 25.3 Å². The zero-order valence-corrected chi connectivity index (χ0v) is 11.3. The molecule has 1 aliphatic carbocycles. The summed E-state index contributed by atoms with van der Waals surface area (Å²) in [6.07, 6.45) is 7.08. The average molecular weight is 274 g/mol. The Hall–Kier alpha value is -1.76. The van der Waals surface area contributed by atoms with Crippen molar-refractivity contribution < 1.29 is 4.74 Å². The fourth-order valence-corrected chi connectivity index (χ4v) is 3.45. The van der Waals surface area contributed by atoms with E-state index in [1.54, 1.807) is 0 Å². The fraction of sp³-hybridized carbons (Fsp3) is 0.692. The Labute approximate surface area is 116 Å². The highest BCUT2D eigenvalue weighted by atomic mass is 16.5. The van der Waals surface area contributed by atoms with Crippen LogP contribution in [0.3, 0.4) is 0 Å². The molecule has 106 valence electrons. The van der Waals surface area contributed by atoms with Gasteiger partial charge < -0.3 is 10.1 Å². The minimum Gasteiger partial charge on any atom is -0.375 e. The van der Waals surface area contributed by atoms with Gasteiger partial charge in [0, 0.05) is 12.6 Å². The van der Waals surface area contributed by atoms with Crippen molar-refractivity contribution in [3.63, 3.8) is 0 Å². The van der Waals surface area contributed by atoms with Crippen molar-refractivity contribution in [1.29, 1.82) is 0 Å². The van der Waals surface area contributed by atoms with E-state index >= 15 is 0 Å². The molecule has 1 spiro atoms. The molecular weight excluding hydrogens is 256 g/mol. The lowest BCUT2D eigenvalue weighted by atomic mass is 9.89. The first-order valence-electron chi connectivity index (χ1n) is 7.29. The molecule has 1 saturated carbocycles. The number of anilines is 1. The van der Waals surface area contributed by atoms with E-state index in [4.69, 9.17) is 4.74 Å². The van der Waals surface area contributed by atoms with E-state index < -0.39 is 0 Å². The molecule has 1 unspecified atom stereocenters. The molecule has 1 saturated heterocycles. The maximum Gasteiger partial charge on any atom is 0.200 e. The third-order valence-corrected chi connectivity index (χ3v) is 4.43. The maximum atomic E-state index is 6.05. The molecule has 2 fully saturated rings. The van der Waals surface area contributed by atoms with Crippen LogP contribution < -0.4 is 5.32 Å². The number of rotatable bonds is 2. The van der Waals surface area contributed by atoms with Crippen molar-refractivity contribution in [2.75, 3.05) is 11.9 Å². The summed E-state index contributed by atoms with van der Waals surface area (Å²) in [6, 6.07) is 4.23. The van der Waals surface area contributed by atoms with Gasteiger partial charge in [0.25, 0.3) is 0 Å². The summed E-state index contributed by atoms with van der Waals surface area (Å²) in [5, 5.41) is 19.2. The molecule has 2 aliphatic rings. The summed E-state index contributed by atoms with van der Waals surface area (Å²) < 4.78 is 7.51. The van der Waals surface area contributed by atoms with Gasteiger partial charge >= 0.3 is 0 Å². The normalized spacial score (nSPS) is 25.3. The van der Waals surface area contributed by atoms with Crippen LogP contribution in [0, 0.1) is 0 Å². The van der Waals surface area contributed by atoms with Gasteiger partial charge in [-0.2, -0.15) is 0 Å². The van der Waals surface area contributed by atoms with Crippen LogP contribution in [0.5, 0.6) is 0 Å². The zero-order valence-electron chi connectivity index (χ0n) is 11.3. The van der Waals surface area contributed by atoms with E-state index in [9.17, 15) is 0 Å². The molecular formula is C13H18N6O. The lowest BCUT2D eigenvalue weighted by Crippen LogP contribution is -2.42. The zero-order chi connectivity index (χ0) is 13.4. The van der Waals surface area contributed by atoms with Gasteiger partial charge in [-0.1, -0.05) is 12.8 Å². The minimum absolute atomic E-state index is 0.120. The number of hydrogen-bond acceptors (Lipinski definition) is 6. The molecule has 20 heavy (non-hydrogen) atoms. The quantitative estimate of drug-likeness (QED) is 0.892. The van der Waals surface area contributed by atoms with Gasteiger partial charge in [-0.05, 0) is 48.2 Å². The number of ether oxygens (including phenoxy) is 1. The molecule has 4 rings (SSSR count). The number of nitrogens with one attached hydrogen (secondary N) is 1. The van der Waals surface area contributed by atoms with E-state index in [-0.39, 0.29) is 5.60 Å². The highest BCUT2D eigenvalue weighted by Gasteiger charge is 2.39. The Morgan fingerprint density at radius 1 is 1.30 bits per heavy atom. The largest absolute Gasteiger partial charge is 0.375 e. The monoisotopic (exact) mass is 274 g/mol. The van der Waals surface area contributed by atoms with Crippen LogP contribution in [0.1, 0.15) is 38.5 Å². The Morgan fingerprint density at radius 3 is 3.10 bits per heavy atom. The van der Waals surface area contributed by atoms with Crippen LogP contribution in [0.2, 0.25) is 0 Å². The standard InChI is InChI=1S/C13H18N6O/c1-2-7-13(6-1)9-10(5-8-20-13)14-11-3-4-12-15-17-18-19(12)16-11/h3-4,10H,1-2,5-9H2,(H,14,16). The summed E-state index contributed by atoms with van der Waals surface area (Å²) >= 11 is 0. The third kappa shape index (κ3) is 2.11. The lowest BCUT2D eigenvalue weighted by molar-refractivity contribution is -0.0767. The lowest BCUT2D eigenvalue weighted by Gasteiger charge is -2.38. The Bertz CT molecular complexity index is 606. The molecule has 2 aromatic heterocycles. The summed E-state index contributed by atoms with van der Waals surface area (Å²) in [5.74, 6) is 0.824. The molecule has 1 aliphatic heterocycles. The first-order chi connectivity index (χ1) is 9.83. The van der Waals surface area contributed by atoms with E-state index in [0.29, 0.717) is 11.7 Å². The summed E-state index contributed by atoms with van der Waals surface area (Å²) in [7, 11) is 0. The van der Waals surface area contributed by atoms with Crippen LogP contribution in [-0.2, 0) is 4.74 Å². The smallest absolute Gasteiger partial charge is 0.200 e. The van der Waals surface area contributed by atoms with Gasteiger partial charge in [0.2, 0.25) is 0 Å². The molecule has 2 aromatic rings. The fourth-order valence-electron chi connectivity index (χ4n) is 3.45. The second-order valence-corrected chi connectivity index (χ2v) is 5.82. The Morgan fingerprint density at radius 2 is 2.20 bits per heavy atom. The Kier molecular flexibility index (Phi) is 2.80. The molecule has 3 heterocycles. The van der Waals surface area contributed by atoms with Gasteiger partial charge in [-0.3, -0.25) is 0 Å². The predicted molar refractivity (Wildman–Crippen MR) is 72.4 cm³/mol. The summed E-state index contributed by atoms with van der Waals surface area (Å²) in [5.41, 5.74) is 0.782. The first kappa shape index (κ1) is 12.0. The van der Waals surface area contributed by atoms with Crippen molar-refractivity contribution in [2.45, 2.75) is 50.2 Å². The second kappa shape index (κ2) is 4.66. The van der Waals surface area contributed by atoms with Gasteiger partial charge in [-0.15, -0.1) is 14.8 Å². The number of hydrogen-bond donors (Lipinski definition) is 1. The molecule has 0 amide bonds. The highest BCUT2D eigenvalue weighted by Crippen LogP contribution is 2.40. The molecule has 7 heteroatoms. The van der Waals surface area contributed by atoms with Gasteiger partial charge in [-0.25, -0.2) is 0 Å². The summed E-state index contributed by atoms with van der Waals surface area (Å²) in [4.78, 5) is 0. The van der Waals surface area contributed by atoms with Crippen LogP contribution in [0.4, 0.5) is 5.82 Å². The summed E-state index contributed by atoms with van der Waals surface area (Å²) in [6.45, 7) is 0.838. The van der Waals surface area contributed by atoms with Gasteiger partial charge in [0.1, 0.15) is 5.82 Å². The minimum atomic E-state index is 0.120. The molecule has 0 radical (unpaired) electrons. The van der Waals surface area contributed by atoms with Gasteiger partial charge in [0.05, 0.1) is 5.60 Å². The Balaban J connectivity index is 1.50. The SMILES string of the molecule is c1cc2nnnn2nc1NC1CCOC2(CCCC2)C1. The van der Waals surface area contributed by atoms with Crippen molar-refractivity contribution in [3.8, 4) is 0 Å². The molecule has 1 atom stereocenters. The molecule has 0 aromatic carbocycles. The van der Waals surface area contributed by atoms with Crippen LogP contribution in [0.15, 0.2) is 12.1 Å². The van der Waals surface area contributed by atoms with Crippen molar-refractivity contribution >= 4 is 11.5 Å². The van der Waals surface area contributed by atoms with Crippen molar-refractivity contribution in [3.05, 3.63) is 12.1 Å². The molecule has 7 nitrogen and oxygen atoms in total. The number of nitrogens with zero attached hydrogens (tertiary/aromatic N) is 5. The van der Waals surface area contributed by atoms with E-state index in [2.05, 4.69) is 25.9 Å². The van der Waals surface area contributed by atoms with E-state index in [1.807, 2.05) is 12.1 Å². The van der Waals surface area contributed by atoms with Crippen LogP contribution >= 0.6 is 0 Å². The van der Waals surface area contributed by atoms with Crippen LogP contribution in [-0.4, -0.2) is 43.5 Å². The molecule has 1 N–H and O–H groups in total. The maximum absolute atomic E-state index is 6.05. The molecule has 0 bridgehead atoms. The average Bonchev–Trinajstić information content (AvgIpc) is 3.08. The van der Waals surface area contributed by atoms with Crippen molar-refractivity contribution in [2.24, 2.45) is 0 Å². The highest BCUT2D eigenvalue weighted by molar-refractivity contribution is 5.42. The number of aromatic nitrogens is 5.